The summed E-state index contributed by atoms with van der Waals surface area (Å²) in [5.74, 6) is 5.14. The van der Waals surface area contributed by atoms with E-state index >= 15 is 0 Å². The number of rotatable bonds is 5. The van der Waals surface area contributed by atoms with Gasteiger partial charge < -0.3 is 9.64 Å². The third kappa shape index (κ3) is 5.13. The Morgan fingerprint density at radius 2 is 1.05 bits per heavy atom. The number of anilines is 3. The highest BCUT2D eigenvalue weighted by molar-refractivity contribution is 5.83. The minimum atomic E-state index is -0.0280. The molecular weight excluding hydrogens is 679 g/mol. The molecule has 4 saturated carbocycles. The van der Waals surface area contributed by atoms with Gasteiger partial charge in [0.15, 0.2) is 0 Å². The molecule has 0 unspecified atom stereocenters. The predicted molar refractivity (Wildman–Crippen MR) is 232 cm³/mol. The average molecular weight is 732 g/mol. The standard InChI is InChI=1S/C54H53NO/c1-52(2)26-27-53(3,4)51-46(52)16-11-17-48(51)55(43-21-18-39(19-22-43)37-12-7-5-8-13-37)44-23-24-45-50(34-44)56-49-25-20-40(38-14-9-6-10-15-38)33-47(49)54(45)41-29-35-28-36(31-41)32-42(54)30-35/h5-25,33-36,41-42H,26-32H2,1-4H3. The molecule has 1 heterocycles. The summed E-state index contributed by atoms with van der Waals surface area (Å²) in [6.07, 6.45) is 9.14. The van der Waals surface area contributed by atoms with Crippen molar-refractivity contribution < 1.29 is 4.74 Å². The highest BCUT2D eigenvalue weighted by Gasteiger charge is 2.61. The number of hydrogen-bond acceptors (Lipinski definition) is 2. The lowest BCUT2D eigenvalue weighted by Gasteiger charge is -2.63. The van der Waals surface area contributed by atoms with Gasteiger partial charge in [-0.3, -0.25) is 0 Å². The average Bonchev–Trinajstić information content (AvgIpc) is 3.22. The van der Waals surface area contributed by atoms with E-state index in [9.17, 15) is 0 Å². The zero-order valence-electron chi connectivity index (χ0n) is 33.4. The zero-order valence-corrected chi connectivity index (χ0v) is 33.4. The van der Waals surface area contributed by atoms with Crippen molar-refractivity contribution in [1.29, 1.82) is 0 Å². The number of ether oxygens (including phenoxy) is 1. The minimum absolute atomic E-state index is 0.0280. The summed E-state index contributed by atoms with van der Waals surface area (Å²) in [7, 11) is 0. The van der Waals surface area contributed by atoms with E-state index < -0.39 is 0 Å². The van der Waals surface area contributed by atoms with Crippen LogP contribution < -0.4 is 9.64 Å². The summed E-state index contributed by atoms with van der Waals surface area (Å²) in [5.41, 5.74) is 14.6. The molecule has 1 aliphatic heterocycles. The van der Waals surface area contributed by atoms with Crippen molar-refractivity contribution in [2.75, 3.05) is 4.90 Å². The molecule has 56 heavy (non-hydrogen) atoms. The van der Waals surface area contributed by atoms with Crippen LogP contribution in [-0.4, -0.2) is 0 Å². The summed E-state index contributed by atoms with van der Waals surface area (Å²) in [6, 6.07) is 52.4. The monoisotopic (exact) mass is 731 g/mol. The summed E-state index contributed by atoms with van der Waals surface area (Å²) < 4.78 is 7.20. The fourth-order valence-corrected chi connectivity index (χ4v) is 12.6. The molecule has 0 radical (unpaired) electrons. The van der Waals surface area contributed by atoms with Crippen LogP contribution in [0.25, 0.3) is 22.3 Å². The molecular formula is C54H53NO. The third-order valence-corrected chi connectivity index (χ3v) is 15.1. The molecule has 2 heteroatoms. The molecule has 0 aromatic heterocycles. The van der Waals surface area contributed by atoms with Crippen LogP contribution in [0, 0.1) is 23.7 Å². The van der Waals surface area contributed by atoms with Gasteiger partial charge in [-0.1, -0.05) is 125 Å². The second-order valence-electron chi connectivity index (χ2n) is 19.2. The van der Waals surface area contributed by atoms with Crippen LogP contribution in [0.2, 0.25) is 0 Å². The summed E-state index contributed by atoms with van der Waals surface area (Å²) in [6.45, 7) is 9.77. The van der Waals surface area contributed by atoms with Gasteiger partial charge in [-0.05, 0) is 149 Å². The van der Waals surface area contributed by atoms with Crippen LogP contribution in [0.15, 0.2) is 140 Å². The van der Waals surface area contributed by atoms with Gasteiger partial charge in [0.2, 0.25) is 0 Å². The van der Waals surface area contributed by atoms with Crippen LogP contribution in [0.1, 0.15) is 94.9 Å². The van der Waals surface area contributed by atoms with Crippen molar-refractivity contribution in [3.8, 4) is 33.8 Å². The lowest BCUT2D eigenvalue weighted by molar-refractivity contribution is -0.0452. The van der Waals surface area contributed by atoms with Crippen molar-refractivity contribution in [2.24, 2.45) is 23.7 Å². The molecule has 280 valence electrons. The molecule has 0 atom stereocenters. The van der Waals surface area contributed by atoms with E-state index in [0.717, 1.165) is 35.4 Å². The number of fused-ring (bicyclic) bond motifs is 3. The minimum Gasteiger partial charge on any atom is -0.457 e. The molecule has 2 nitrogen and oxygen atoms in total. The van der Waals surface area contributed by atoms with E-state index in [1.54, 1.807) is 0 Å². The Labute approximate surface area is 333 Å². The molecule has 1 spiro atoms. The Kier molecular flexibility index (Phi) is 7.61. The number of benzene rings is 6. The van der Waals surface area contributed by atoms with E-state index in [1.165, 1.54) is 94.4 Å². The highest BCUT2D eigenvalue weighted by atomic mass is 16.5. The Hall–Kier alpha value is -5.08. The molecule has 6 aromatic carbocycles. The van der Waals surface area contributed by atoms with E-state index in [2.05, 4.69) is 172 Å². The normalized spacial score (nSPS) is 25.9. The van der Waals surface area contributed by atoms with Gasteiger partial charge in [-0.15, -0.1) is 0 Å². The maximum Gasteiger partial charge on any atom is 0.133 e. The van der Waals surface area contributed by atoms with Gasteiger partial charge in [0, 0.05) is 34.0 Å². The van der Waals surface area contributed by atoms with E-state index in [-0.39, 0.29) is 16.2 Å². The molecule has 4 fully saturated rings. The summed E-state index contributed by atoms with van der Waals surface area (Å²) in [4.78, 5) is 2.54. The van der Waals surface area contributed by atoms with Gasteiger partial charge >= 0.3 is 0 Å². The van der Waals surface area contributed by atoms with Crippen LogP contribution in [0.4, 0.5) is 17.1 Å². The molecule has 6 aliphatic rings. The molecule has 4 bridgehead atoms. The maximum atomic E-state index is 7.20. The van der Waals surface area contributed by atoms with Gasteiger partial charge in [0.1, 0.15) is 11.5 Å². The Balaban J connectivity index is 1.10. The van der Waals surface area contributed by atoms with E-state index in [1.807, 2.05) is 0 Å². The Bertz CT molecular complexity index is 2430. The van der Waals surface area contributed by atoms with E-state index in [4.69, 9.17) is 4.74 Å². The summed E-state index contributed by atoms with van der Waals surface area (Å²) >= 11 is 0. The largest absolute Gasteiger partial charge is 0.457 e. The zero-order chi connectivity index (χ0) is 37.8. The van der Waals surface area contributed by atoms with Crippen LogP contribution in [0.3, 0.4) is 0 Å². The fraction of sp³-hybridized carbons (Fsp3) is 0.333. The maximum absolute atomic E-state index is 7.20. The van der Waals surface area contributed by atoms with Gasteiger partial charge in [-0.25, -0.2) is 0 Å². The number of hydrogen-bond donors (Lipinski definition) is 0. The first-order valence-electron chi connectivity index (χ1n) is 21.3. The third-order valence-electron chi connectivity index (χ3n) is 15.1. The van der Waals surface area contributed by atoms with Crippen molar-refractivity contribution in [3.63, 3.8) is 0 Å². The lowest BCUT2D eigenvalue weighted by Crippen LogP contribution is -2.57. The topological polar surface area (TPSA) is 12.5 Å². The Morgan fingerprint density at radius 1 is 0.464 bits per heavy atom. The smallest absolute Gasteiger partial charge is 0.133 e. The summed E-state index contributed by atoms with van der Waals surface area (Å²) in [5, 5.41) is 0. The fourth-order valence-electron chi connectivity index (χ4n) is 12.6. The van der Waals surface area contributed by atoms with Crippen molar-refractivity contribution >= 4 is 17.1 Å². The molecule has 0 amide bonds. The highest BCUT2D eigenvalue weighted by Crippen LogP contribution is 2.69. The second-order valence-corrected chi connectivity index (χ2v) is 19.2. The Morgan fingerprint density at radius 3 is 1.73 bits per heavy atom. The van der Waals surface area contributed by atoms with Crippen molar-refractivity contribution in [1.82, 2.24) is 0 Å². The van der Waals surface area contributed by atoms with Gasteiger partial charge in [0.25, 0.3) is 0 Å². The van der Waals surface area contributed by atoms with Gasteiger partial charge in [-0.2, -0.15) is 0 Å². The molecule has 0 saturated heterocycles. The number of nitrogens with zero attached hydrogens (tertiary/aromatic N) is 1. The predicted octanol–water partition coefficient (Wildman–Crippen LogP) is 14.7. The second kappa shape index (κ2) is 12.5. The molecule has 12 rings (SSSR count). The van der Waals surface area contributed by atoms with Gasteiger partial charge in [0.05, 0.1) is 5.69 Å². The lowest BCUT2D eigenvalue weighted by atomic mass is 9.41. The first kappa shape index (κ1) is 34.2. The first-order valence-corrected chi connectivity index (χ1v) is 21.3. The van der Waals surface area contributed by atoms with Crippen molar-refractivity contribution in [2.45, 2.75) is 88.9 Å². The van der Waals surface area contributed by atoms with Crippen LogP contribution in [0.5, 0.6) is 11.5 Å². The first-order chi connectivity index (χ1) is 27.2. The van der Waals surface area contributed by atoms with Crippen LogP contribution >= 0.6 is 0 Å². The quantitative estimate of drug-likeness (QED) is 0.175. The van der Waals surface area contributed by atoms with Crippen molar-refractivity contribution in [3.05, 3.63) is 162 Å². The van der Waals surface area contributed by atoms with Crippen LogP contribution in [-0.2, 0) is 16.2 Å². The SMILES string of the molecule is CC1(C)CCC(C)(C)c2c(N(c3ccc(-c4ccccc4)cc3)c3ccc4c(c3)Oc3ccc(-c5ccccc5)cc3C43C4CC5CC(C4)CC3C5)cccc21. The molecule has 6 aromatic rings. The van der Waals surface area contributed by atoms with E-state index in [0.29, 0.717) is 11.8 Å². The molecule has 5 aliphatic carbocycles. The molecule has 0 N–H and O–H groups in total.